The van der Waals surface area contributed by atoms with Crippen LogP contribution in [0.25, 0.3) is 0 Å². The molecule has 0 radical (unpaired) electrons. The SMILES string of the molecule is Cc1ccn(C(C(=O)c2cccc(Cl)c2)C(=O)N2CCOCC2)c(=O)c1. The summed E-state index contributed by atoms with van der Waals surface area (Å²) in [5.41, 5.74) is 0.655. The molecule has 1 atom stereocenters. The first-order valence-electron chi connectivity index (χ1n) is 8.32. The average molecular weight is 375 g/mol. The molecule has 136 valence electrons. The Morgan fingerprint density at radius 2 is 1.88 bits per heavy atom. The van der Waals surface area contributed by atoms with Crippen LogP contribution in [0.15, 0.2) is 47.4 Å². The highest BCUT2D eigenvalue weighted by atomic mass is 35.5. The first-order valence-corrected chi connectivity index (χ1v) is 8.70. The molecular formula is C19H19ClN2O4. The van der Waals surface area contributed by atoms with E-state index in [-0.39, 0.29) is 5.56 Å². The number of hydrogen-bond donors (Lipinski definition) is 0. The maximum Gasteiger partial charge on any atom is 0.254 e. The van der Waals surface area contributed by atoms with Gasteiger partial charge in [-0.3, -0.25) is 19.0 Å². The lowest BCUT2D eigenvalue weighted by molar-refractivity contribution is -0.137. The minimum atomic E-state index is -1.26. The van der Waals surface area contributed by atoms with Crippen LogP contribution >= 0.6 is 11.6 Å². The molecule has 6 nitrogen and oxygen atoms in total. The quantitative estimate of drug-likeness (QED) is 0.607. The Kier molecular flexibility index (Phi) is 5.54. The van der Waals surface area contributed by atoms with Crippen molar-refractivity contribution in [3.63, 3.8) is 0 Å². The predicted octanol–water partition coefficient (Wildman–Crippen LogP) is 2.09. The number of benzene rings is 1. The van der Waals surface area contributed by atoms with Gasteiger partial charge in [0.25, 0.3) is 11.5 Å². The van der Waals surface area contributed by atoms with Crippen molar-refractivity contribution >= 4 is 23.3 Å². The Balaban J connectivity index is 2.04. The summed E-state index contributed by atoms with van der Waals surface area (Å²) in [7, 11) is 0. The highest BCUT2D eigenvalue weighted by molar-refractivity contribution is 6.31. The lowest BCUT2D eigenvalue weighted by Crippen LogP contribution is -2.48. The van der Waals surface area contributed by atoms with Crippen LogP contribution in [0.2, 0.25) is 5.02 Å². The van der Waals surface area contributed by atoms with Crippen LogP contribution in [0, 0.1) is 6.92 Å². The number of aromatic nitrogens is 1. The van der Waals surface area contributed by atoms with Gasteiger partial charge in [0.2, 0.25) is 0 Å². The second kappa shape index (κ2) is 7.85. The van der Waals surface area contributed by atoms with Crippen molar-refractivity contribution in [2.75, 3.05) is 26.3 Å². The number of ketones is 1. The van der Waals surface area contributed by atoms with Crippen LogP contribution < -0.4 is 5.56 Å². The highest BCUT2D eigenvalue weighted by Crippen LogP contribution is 2.20. The van der Waals surface area contributed by atoms with Crippen molar-refractivity contribution < 1.29 is 14.3 Å². The monoisotopic (exact) mass is 374 g/mol. The van der Waals surface area contributed by atoms with E-state index in [0.717, 1.165) is 5.56 Å². The molecule has 1 aliphatic heterocycles. The van der Waals surface area contributed by atoms with Crippen molar-refractivity contribution in [1.82, 2.24) is 9.47 Å². The van der Waals surface area contributed by atoms with E-state index < -0.39 is 23.3 Å². The Morgan fingerprint density at radius 3 is 2.54 bits per heavy atom. The van der Waals surface area contributed by atoms with Crippen LogP contribution in [0.3, 0.4) is 0 Å². The summed E-state index contributed by atoms with van der Waals surface area (Å²) in [4.78, 5) is 40.2. The molecule has 1 unspecified atom stereocenters. The molecule has 1 aromatic carbocycles. The molecular weight excluding hydrogens is 356 g/mol. The van der Waals surface area contributed by atoms with Gasteiger partial charge in [0.1, 0.15) is 0 Å². The van der Waals surface area contributed by atoms with Gasteiger partial charge in [-0.15, -0.1) is 0 Å². The van der Waals surface area contributed by atoms with E-state index in [1.54, 1.807) is 36.1 Å². The summed E-state index contributed by atoms with van der Waals surface area (Å²) in [5, 5.41) is 0.393. The summed E-state index contributed by atoms with van der Waals surface area (Å²) >= 11 is 5.99. The van der Waals surface area contributed by atoms with Gasteiger partial charge in [0, 0.05) is 35.9 Å². The predicted molar refractivity (Wildman–Crippen MR) is 97.7 cm³/mol. The molecule has 1 amide bonds. The van der Waals surface area contributed by atoms with Crippen LogP contribution in [-0.2, 0) is 9.53 Å². The Hall–Kier alpha value is -2.44. The van der Waals surface area contributed by atoms with Crippen molar-refractivity contribution in [1.29, 1.82) is 0 Å². The molecule has 1 saturated heterocycles. The molecule has 2 aromatic rings. The maximum absolute atomic E-state index is 13.1. The molecule has 7 heteroatoms. The normalized spacial score (nSPS) is 15.5. The fourth-order valence-electron chi connectivity index (χ4n) is 2.92. The van der Waals surface area contributed by atoms with Crippen LogP contribution in [0.1, 0.15) is 22.0 Å². The third-order valence-corrected chi connectivity index (χ3v) is 4.53. The number of hydrogen-bond acceptors (Lipinski definition) is 4. The minimum Gasteiger partial charge on any atom is -0.378 e. The standard InChI is InChI=1S/C19H19ClN2O4/c1-13-5-6-22(16(23)11-13)17(19(25)21-7-9-26-10-8-21)18(24)14-3-2-4-15(20)12-14/h2-6,11-12,17H,7-10H2,1H3. The summed E-state index contributed by atoms with van der Waals surface area (Å²) < 4.78 is 6.46. The molecule has 0 bridgehead atoms. The van der Waals surface area contributed by atoms with Gasteiger partial charge in [-0.25, -0.2) is 0 Å². The van der Waals surface area contributed by atoms with Gasteiger partial charge in [-0.1, -0.05) is 23.7 Å². The maximum atomic E-state index is 13.1. The van der Waals surface area contributed by atoms with E-state index >= 15 is 0 Å². The number of ether oxygens (including phenoxy) is 1. The van der Waals surface area contributed by atoms with Crippen molar-refractivity contribution in [2.24, 2.45) is 0 Å². The smallest absolute Gasteiger partial charge is 0.254 e. The van der Waals surface area contributed by atoms with Gasteiger partial charge >= 0.3 is 0 Å². The van der Waals surface area contributed by atoms with E-state index in [1.807, 2.05) is 0 Å². The van der Waals surface area contributed by atoms with E-state index in [9.17, 15) is 14.4 Å². The van der Waals surface area contributed by atoms with Gasteiger partial charge < -0.3 is 9.64 Å². The zero-order chi connectivity index (χ0) is 18.7. The summed E-state index contributed by atoms with van der Waals surface area (Å²) in [6.07, 6.45) is 1.49. The number of rotatable bonds is 4. The number of halogens is 1. The number of carbonyl (C=O) groups excluding carboxylic acids is 2. The van der Waals surface area contributed by atoms with Gasteiger partial charge in [0.15, 0.2) is 11.8 Å². The number of Topliss-reactive ketones (excluding diaryl/α,β-unsaturated/α-hetero) is 1. The first kappa shape index (κ1) is 18.4. The molecule has 3 rings (SSSR count). The second-order valence-electron chi connectivity index (χ2n) is 6.16. The van der Waals surface area contributed by atoms with Crippen molar-refractivity contribution in [3.8, 4) is 0 Å². The topological polar surface area (TPSA) is 68.6 Å². The van der Waals surface area contributed by atoms with Gasteiger partial charge in [-0.2, -0.15) is 0 Å². The van der Waals surface area contributed by atoms with Gasteiger partial charge in [0.05, 0.1) is 13.2 Å². The first-order chi connectivity index (χ1) is 12.5. The molecule has 0 N–H and O–H groups in total. The second-order valence-corrected chi connectivity index (χ2v) is 6.60. The minimum absolute atomic E-state index is 0.289. The summed E-state index contributed by atoms with van der Waals surface area (Å²) in [6, 6.07) is 8.23. The number of nitrogens with zero attached hydrogens (tertiary/aromatic N) is 2. The van der Waals surface area contributed by atoms with E-state index in [1.165, 1.54) is 22.9 Å². The molecule has 1 fully saturated rings. The van der Waals surface area contributed by atoms with Gasteiger partial charge in [-0.05, 0) is 30.7 Å². The zero-order valence-electron chi connectivity index (χ0n) is 14.4. The number of aryl methyl sites for hydroxylation is 1. The number of carbonyl (C=O) groups is 2. The van der Waals surface area contributed by atoms with Crippen LogP contribution in [0.5, 0.6) is 0 Å². The Morgan fingerprint density at radius 1 is 1.15 bits per heavy atom. The van der Waals surface area contributed by atoms with E-state index in [0.29, 0.717) is 31.3 Å². The summed E-state index contributed by atoms with van der Waals surface area (Å²) in [6.45, 7) is 3.38. The Bertz CT molecular complexity index is 887. The largest absolute Gasteiger partial charge is 0.378 e. The molecule has 1 aliphatic rings. The van der Waals surface area contributed by atoms with E-state index in [2.05, 4.69) is 0 Å². The van der Waals surface area contributed by atoms with Crippen LogP contribution in [0.4, 0.5) is 0 Å². The molecule has 0 aliphatic carbocycles. The number of pyridine rings is 1. The Labute approximate surface area is 155 Å². The number of amides is 1. The van der Waals surface area contributed by atoms with Crippen LogP contribution in [-0.4, -0.2) is 47.5 Å². The van der Waals surface area contributed by atoms with E-state index in [4.69, 9.17) is 16.3 Å². The molecule has 2 heterocycles. The highest BCUT2D eigenvalue weighted by Gasteiger charge is 2.34. The molecule has 0 spiro atoms. The average Bonchev–Trinajstić information content (AvgIpc) is 2.64. The fraction of sp³-hybridized carbons (Fsp3) is 0.316. The number of morpholine rings is 1. The fourth-order valence-corrected chi connectivity index (χ4v) is 3.11. The molecule has 26 heavy (non-hydrogen) atoms. The third-order valence-electron chi connectivity index (χ3n) is 4.30. The third kappa shape index (κ3) is 3.86. The lowest BCUT2D eigenvalue weighted by atomic mass is 10.0. The van der Waals surface area contributed by atoms with Crippen molar-refractivity contribution in [2.45, 2.75) is 13.0 Å². The van der Waals surface area contributed by atoms with Crippen molar-refractivity contribution in [3.05, 3.63) is 69.1 Å². The lowest BCUT2D eigenvalue weighted by Gasteiger charge is -2.30. The summed E-state index contributed by atoms with van der Waals surface area (Å²) in [5.74, 6) is -0.876. The molecule has 0 saturated carbocycles. The zero-order valence-corrected chi connectivity index (χ0v) is 15.1. The molecule has 1 aromatic heterocycles.